The molecule has 6 heteroatoms. The predicted octanol–water partition coefficient (Wildman–Crippen LogP) is 3.59. The topological polar surface area (TPSA) is 89.5 Å². The van der Waals surface area contributed by atoms with E-state index in [4.69, 9.17) is 19.2 Å². The highest BCUT2D eigenvalue weighted by Crippen LogP contribution is 2.24. The SMILES string of the molecule is CCOC(=O)/C(C#N)=C/c1ccc(-c2cccc(C(=O)OCC)c2)o1. The lowest BCUT2D eigenvalue weighted by molar-refractivity contribution is -0.137. The van der Waals surface area contributed by atoms with Crippen LogP contribution in [0, 0.1) is 11.3 Å². The number of carbonyl (C=O) groups is 2. The van der Waals surface area contributed by atoms with Gasteiger partial charge < -0.3 is 13.9 Å². The van der Waals surface area contributed by atoms with Crippen molar-refractivity contribution < 1.29 is 23.5 Å². The fourth-order valence-corrected chi connectivity index (χ4v) is 2.09. The van der Waals surface area contributed by atoms with Crippen molar-refractivity contribution in [3.05, 3.63) is 53.3 Å². The Balaban J connectivity index is 2.27. The summed E-state index contributed by atoms with van der Waals surface area (Å²) >= 11 is 0. The van der Waals surface area contributed by atoms with Crippen molar-refractivity contribution >= 4 is 18.0 Å². The molecule has 0 fully saturated rings. The Labute approximate surface area is 145 Å². The van der Waals surface area contributed by atoms with Crippen LogP contribution >= 0.6 is 0 Å². The minimum atomic E-state index is -0.702. The quantitative estimate of drug-likeness (QED) is 0.454. The minimum absolute atomic E-state index is 0.150. The molecule has 0 unspecified atom stereocenters. The first-order valence-electron chi connectivity index (χ1n) is 7.75. The monoisotopic (exact) mass is 339 g/mol. The van der Waals surface area contributed by atoms with Crippen molar-refractivity contribution in [3.8, 4) is 17.4 Å². The van der Waals surface area contributed by atoms with Crippen molar-refractivity contribution in [1.29, 1.82) is 5.26 Å². The molecule has 0 spiro atoms. The summed E-state index contributed by atoms with van der Waals surface area (Å²) in [7, 11) is 0. The molecule has 128 valence electrons. The smallest absolute Gasteiger partial charge is 0.349 e. The van der Waals surface area contributed by atoms with Crippen molar-refractivity contribution in [2.24, 2.45) is 0 Å². The molecule has 25 heavy (non-hydrogen) atoms. The second kappa shape index (κ2) is 8.50. The van der Waals surface area contributed by atoms with Gasteiger partial charge in [0.2, 0.25) is 0 Å². The Bertz CT molecular complexity index is 841. The van der Waals surface area contributed by atoms with Crippen LogP contribution in [-0.4, -0.2) is 25.2 Å². The molecule has 2 aromatic rings. The first-order valence-corrected chi connectivity index (χ1v) is 7.75. The Morgan fingerprint density at radius 2 is 1.92 bits per heavy atom. The molecule has 0 atom stereocenters. The fourth-order valence-electron chi connectivity index (χ4n) is 2.09. The highest BCUT2D eigenvalue weighted by atomic mass is 16.5. The van der Waals surface area contributed by atoms with Gasteiger partial charge in [0.05, 0.1) is 18.8 Å². The second-order valence-electron chi connectivity index (χ2n) is 4.89. The average molecular weight is 339 g/mol. The zero-order valence-corrected chi connectivity index (χ0v) is 13.9. The summed E-state index contributed by atoms with van der Waals surface area (Å²) in [4.78, 5) is 23.4. The third-order valence-corrected chi connectivity index (χ3v) is 3.19. The van der Waals surface area contributed by atoms with Crippen LogP contribution in [0.25, 0.3) is 17.4 Å². The number of ether oxygens (including phenoxy) is 2. The van der Waals surface area contributed by atoms with E-state index < -0.39 is 11.9 Å². The highest BCUT2D eigenvalue weighted by Gasteiger charge is 2.13. The Hall–Kier alpha value is -3.33. The molecular weight excluding hydrogens is 322 g/mol. The molecular formula is C19H17NO5. The van der Waals surface area contributed by atoms with Gasteiger partial charge in [-0.3, -0.25) is 0 Å². The van der Waals surface area contributed by atoms with Crippen LogP contribution < -0.4 is 0 Å². The van der Waals surface area contributed by atoms with Crippen LogP contribution in [-0.2, 0) is 14.3 Å². The van der Waals surface area contributed by atoms with Gasteiger partial charge in [-0.1, -0.05) is 12.1 Å². The van der Waals surface area contributed by atoms with Crippen molar-refractivity contribution in [2.75, 3.05) is 13.2 Å². The third kappa shape index (κ3) is 4.58. The average Bonchev–Trinajstić information content (AvgIpc) is 3.09. The Morgan fingerprint density at radius 1 is 1.16 bits per heavy atom. The number of carbonyl (C=O) groups excluding carboxylic acids is 2. The summed E-state index contributed by atoms with van der Waals surface area (Å²) < 4.78 is 15.4. The summed E-state index contributed by atoms with van der Waals surface area (Å²) in [6.45, 7) is 3.88. The van der Waals surface area contributed by atoms with Crippen molar-refractivity contribution in [1.82, 2.24) is 0 Å². The molecule has 1 aromatic heterocycles. The van der Waals surface area contributed by atoms with Gasteiger partial charge in [-0.2, -0.15) is 5.26 Å². The lowest BCUT2D eigenvalue weighted by Gasteiger charge is -2.03. The summed E-state index contributed by atoms with van der Waals surface area (Å²) in [5, 5.41) is 9.04. The summed E-state index contributed by atoms with van der Waals surface area (Å²) in [5.41, 5.74) is 0.944. The number of hydrogen-bond acceptors (Lipinski definition) is 6. The van der Waals surface area contributed by atoms with E-state index in [2.05, 4.69) is 0 Å². The fraction of sp³-hybridized carbons (Fsp3) is 0.211. The summed E-state index contributed by atoms with van der Waals surface area (Å²) in [5.74, 6) is -0.281. The summed E-state index contributed by atoms with van der Waals surface area (Å²) in [6, 6.07) is 11.9. The molecule has 0 saturated carbocycles. The lowest BCUT2D eigenvalue weighted by atomic mass is 10.1. The molecule has 0 aliphatic rings. The number of furan rings is 1. The van der Waals surface area contributed by atoms with Gasteiger partial charge in [0, 0.05) is 11.6 Å². The highest BCUT2D eigenvalue weighted by molar-refractivity contribution is 5.97. The number of nitriles is 1. The van der Waals surface area contributed by atoms with Gasteiger partial charge in [-0.25, -0.2) is 9.59 Å². The minimum Gasteiger partial charge on any atom is -0.462 e. The van der Waals surface area contributed by atoms with Crippen LogP contribution in [0.15, 0.2) is 46.4 Å². The predicted molar refractivity (Wildman–Crippen MR) is 90.3 cm³/mol. The van der Waals surface area contributed by atoms with Gasteiger partial charge in [-0.15, -0.1) is 0 Å². The van der Waals surface area contributed by atoms with Crippen LogP contribution in [0.4, 0.5) is 0 Å². The maximum atomic E-state index is 11.8. The van der Waals surface area contributed by atoms with Gasteiger partial charge in [0.1, 0.15) is 23.2 Å². The first kappa shape index (κ1) is 18.0. The Morgan fingerprint density at radius 3 is 2.60 bits per heavy atom. The van der Waals surface area contributed by atoms with E-state index in [1.807, 2.05) is 0 Å². The molecule has 0 radical (unpaired) electrons. The van der Waals surface area contributed by atoms with Gasteiger partial charge in [-0.05, 0) is 38.1 Å². The third-order valence-electron chi connectivity index (χ3n) is 3.19. The zero-order valence-electron chi connectivity index (χ0n) is 13.9. The van der Waals surface area contributed by atoms with E-state index in [1.54, 1.807) is 56.3 Å². The molecule has 1 heterocycles. The molecule has 0 amide bonds. The standard InChI is InChI=1S/C19H17NO5/c1-3-23-18(21)14-7-5-6-13(10-14)17-9-8-16(25-17)11-15(12-20)19(22)24-4-2/h5-11H,3-4H2,1-2H3/b15-11+. The van der Waals surface area contributed by atoms with Gasteiger partial charge >= 0.3 is 11.9 Å². The molecule has 2 rings (SSSR count). The van der Waals surface area contributed by atoms with Crippen LogP contribution in [0.2, 0.25) is 0 Å². The maximum Gasteiger partial charge on any atom is 0.349 e. The first-order chi connectivity index (χ1) is 12.1. The number of hydrogen-bond donors (Lipinski definition) is 0. The van der Waals surface area contributed by atoms with E-state index in [-0.39, 0.29) is 12.2 Å². The number of rotatable bonds is 6. The van der Waals surface area contributed by atoms with E-state index >= 15 is 0 Å². The second-order valence-corrected chi connectivity index (χ2v) is 4.89. The summed E-state index contributed by atoms with van der Waals surface area (Å²) in [6.07, 6.45) is 1.32. The van der Waals surface area contributed by atoms with Gasteiger partial charge in [0.25, 0.3) is 0 Å². The molecule has 0 bridgehead atoms. The van der Waals surface area contributed by atoms with Crippen molar-refractivity contribution in [2.45, 2.75) is 13.8 Å². The lowest BCUT2D eigenvalue weighted by Crippen LogP contribution is -2.05. The number of nitrogens with zero attached hydrogens (tertiary/aromatic N) is 1. The maximum absolute atomic E-state index is 11.8. The molecule has 0 aliphatic heterocycles. The van der Waals surface area contributed by atoms with E-state index in [0.29, 0.717) is 29.3 Å². The number of esters is 2. The largest absolute Gasteiger partial charge is 0.462 e. The Kier molecular flexibility index (Phi) is 6.13. The molecule has 1 aromatic carbocycles. The number of benzene rings is 1. The molecule has 0 saturated heterocycles. The molecule has 0 N–H and O–H groups in total. The van der Waals surface area contributed by atoms with Crippen LogP contribution in [0.5, 0.6) is 0 Å². The van der Waals surface area contributed by atoms with Crippen LogP contribution in [0.3, 0.4) is 0 Å². The molecule has 0 aliphatic carbocycles. The van der Waals surface area contributed by atoms with Crippen LogP contribution in [0.1, 0.15) is 30.0 Å². The van der Waals surface area contributed by atoms with E-state index in [9.17, 15) is 9.59 Å². The van der Waals surface area contributed by atoms with E-state index in [0.717, 1.165) is 0 Å². The normalized spacial score (nSPS) is 10.8. The molecule has 6 nitrogen and oxygen atoms in total. The zero-order chi connectivity index (χ0) is 18.2. The van der Waals surface area contributed by atoms with Crippen molar-refractivity contribution in [3.63, 3.8) is 0 Å². The van der Waals surface area contributed by atoms with E-state index in [1.165, 1.54) is 6.08 Å². The van der Waals surface area contributed by atoms with Gasteiger partial charge in [0.15, 0.2) is 0 Å².